The number of nitrogens with zero attached hydrogens (tertiary/aromatic N) is 3. The molecule has 1 aromatic carbocycles. The normalized spacial score (nSPS) is 11.1. The fourth-order valence-electron chi connectivity index (χ4n) is 2.06. The second-order valence-corrected chi connectivity index (χ2v) is 7.27. The van der Waals surface area contributed by atoms with E-state index in [0.717, 1.165) is 34.1 Å². The van der Waals surface area contributed by atoms with Gasteiger partial charge in [0.15, 0.2) is 20.1 Å². The maximum atomic E-state index is 11.6. The zero-order valence-electron chi connectivity index (χ0n) is 12.6. The van der Waals surface area contributed by atoms with Crippen LogP contribution < -0.4 is 0 Å². The first-order valence-corrected chi connectivity index (χ1v) is 8.90. The number of esters is 1. The molecule has 7 nitrogen and oxygen atoms in total. The Kier molecular flexibility index (Phi) is 4.20. The van der Waals surface area contributed by atoms with Gasteiger partial charge in [0, 0.05) is 17.1 Å². The van der Waals surface area contributed by atoms with Gasteiger partial charge in [0.2, 0.25) is 0 Å². The highest BCUT2D eigenvalue weighted by atomic mass is 35.5. The summed E-state index contributed by atoms with van der Waals surface area (Å²) in [6.45, 7) is 0. The van der Waals surface area contributed by atoms with E-state index in [4.69, 9.17) is 20.4 Å². The minimum absolute atomic E-state index is 0.0800. The van der Waals surface area contributed by atoms with Crippen molar-refractivity contribution in [2.75, 3.05) is 7.11 Å². The van der Waals surface area contributed by atoms with Gasteiger partial charge in [-0.25, -0.2) is 9.78 Å². The van der Waals surface area contributed by atoms with Gasteiger partial charge < -0.3 is 13.6 Å². The topological polar surface area (TPSA) is 91.2 Å². The average molecular weight is 394 g/mol. The molecule has 10 heteroatoms. The number of rotatable bonds is 4. The smallest absolute Gasteiger partial charge is 0.351 e. The molecule has 4 rings (SSSR count). The fourth-order valence-corrected chi connectivity index (χ4v) is 4.16. The second kappa shape index (κ2) is 6.51. The van der Waals surface area contributed by atoms with Crippen molar-refractivity contribution in [2.45, 2.75) is 9.56 Å². The molecule has 0 aliphatic heterocycles. The van der Waals surface area contributed by atoms with E-state index < -0.39 is 5.97 Å². The maximum absolute atomic E-state index is 11.6. The van der Waals surface area contributed by atoms with Gasteiger partial charge in [-0.15, -0.1) is 10.2 Å². The van der Waals surface area contributed by atoms with Crippen LogP contribution in [0.25, 0.3) is 22.6 Å². The molecule has 0 spiro atoms. The molecule has 0 radical (unpaired) electrons. The number of carbonyl (C=O) groups excluding carboxylic acids is 1. The number of hydrogen-bond donors (Lipinski definition) is 0. The molecule has 0 aliphatic carbocycles. The van der Waals surface area contributed by atoms with Gasteiger partial charge in [-0.3, -0.25) is 0 Å². The van der Waals surface area contributed by atoms with Crippen LogP contribution in [0.3, 0.4) is 0 Å². The summed E-state index contributed by atoms with van der Waals surface area (Å²) in [5.41, 5.74) is 0.735. The number of para-hydroxylation sites is 1. The third kappa shape index (κ3) is 3.13. The Morgan fingerprint density at radius 3 is 2.92 bits per heavy atom. The average Bonchev–Trinajstić information content (AvgIpc) is 3.32. The van der Waals surface area contributed by atoms with E-state index in [1.54, 1.807) is 0 Å². The molecule has 0 saturated carbocycles. The lowest BCUT2D eigenvalue weighted by atomic mass is 10.2. The summed E-state index contributed by atoms with van der Waals surface area (Å²) in [5, 5.41) is 9.22. The fraction of sp³-hybridized carbons (Fsp3) is 0.0667. The summed E-state index contributed by atoms with van der Waals surface area (Å²) in [5.74, 6) is 0.199. The molecule has 0 saturated heterocycles. The highest BCUT2D eigenvalue weighted by Gasteiger charge is 2.20. The van der Waals surface area contributed by atoms with Gasteiger partial charge in [0.25, 0.3) is 11.1 Å². The number of hydrogen-bond acceptors (Lipinski definition) is 9. The number of benzene rings is 1. The van der Waals surface area contributed by atoms with E-state index in [9.17, 15) is 4.79 Å². The predicted octanol–water partition coefficient (Wildman–Crippen LogP) is 4.53. The Morgan fingerprint density at radius 1 is 1.28 bits per heavy atom. The standard InChI is InChI=1S/C15H8ClN3O4S2/c1-21-13(20)10-11(16)17-15(24-10)25-14-19-18-12(23-14)9-6-7-4-2-3-5-8(7)22-9/h2-6H,1H3. The van der Waals surface area contributed by atoms with Gasteiger partial charge in [-0.1, -0.05) is 41.1 Å². The minimum Gasteiger partial charge on any atom is -0.465 e. The Balaban J connectivity index is 1.58. The van der Waals surface area contributed by atoms with Crippen LogP contribution in [0.1, 0.15) is 9.67 Å². The van der Waals surface area contributed by atoms with E-state index in [2.05, 4.69) is 19.9 Å². The summed E-state index contributed by atoms with van der Waals surface area (Å²) >= 11 is 8.13. The van der Waals surface area contributed by atoms with Crippen LogP contribution in [0.5, 0.6) is 0 Å². The zero-order chi connectivity index (χ0) is 17.4. The lowest BCUT2D eigenvalue weighted by Crippen LogP contribution is -1.98. The third-order valence-electron chi connectivity index (χ3n) is 3.15. The quantitative estimate of drug-likeness (QED) is 0.467. The molecule has 25 heavy (non-hydrogen) atoms. The number of methoxy groups -OCH3 is 1. The van der Waals surface area contributed by atoms with Gasteiger partial charge in [-0.05, 0) is 12.1 Å². The summed E-state index contributed by atoms with van der Waals surface area (Å²) in [6.07, 6.45) is 0. The Labute approximate surface area is 154 Å². The van der Waals surface area contributed by atoms with Crippen molar-refractivity contribution in [2.24, 2.45) is 0 Å². The molecular weight excluding hydrogens is 386 g/mol. The first-order valence-electron chi connectivity index (χ1n) is 6.89. The number of fused-ring (bicyclic) bond motifs is 1. The SMILES string of the molecule is COC(=O)c1sc(Sc2nnc(-c3cc4ccccc4o3)o2)nc1Cl. The largest absolute Gasteiger partial charge is 0.465 e. The van der Waals surface area contributed by atoms with Crippen LogP contribution in [-0.2, 0) is 4.74 Å². The number of halogens is 1. The molecule has 0 aliphatic rings. The van der Waals surface area contributed by atoms with Crippen molar-refractivity contribution >= 4 is 51.6 Å². The van der Waals surface area contributed by atoms with Crippen molar-refractivity contribution in [1.29, 1.82) is 0 Å². The van der Waals surface area contributed by atoms with Crippen LogP contribution >= 0.6 is 34.7 Å². The highest BCUT2D eigenvalue weighted by molar-refractivity contribution is 8.00. The lowest BCUT2D eigenvalue weighted by Gasteiger charge is -1.92. The van der Waals surface area contributed by atoms with Crippen molar-refractivity contribution in [3.63, 3.8) is 0 Å². The van der Waals surface area contributed by atoms with Gasteiger partial charge >= 0.3 is 5.97 Å². The maximum Gasteiger partial charge on any atom is 0.351 e. The molecule has 4 aromatic rings. The van der Waals surface area contributed by atoms with Crippen molar-refractivity contribution in [3.8, 4) is 11.7 Å². The first-order chi connectivity index (χ1) is 12.1. The second-order valence-electron chi connectivity index (χ2n) is 4.71. The molecule has 0 atom stereocenters. The van der Waals surface area contributed by atoms with E-state index in [1.807, 2.05) is 30.3 Å². The van der Waals surface area contributed by atoms with Crippen LogP contribution in [0.4, 0.5) is 0 Å². The summed E-state index contributed by atoms with van der Waals surface area (Å²) in [4.78, 5) is 15.9. The first kappa shape index (κ1) is 16.1. The number of ether oxygens (including phenoxy) is 1. The van der Waals surface area contributed by atoms with Gasteiger partial charge in [0.1, 0.15) is 5.58 Å². The molecule has 0 N–H and O–H groups in total. The van der Waals surface area contributed by atoms with Crippen LogP contribution in [0.15, 0.2) is 48.7 Å². The van der Waals surface area contributed by atoms with Crippen molar-refractivity contribution in [3.05, 3.63) is 40.4 Å². The number of thiazole rings is 1. The van der Waals surface area contributed by atoms with Gasteiger partial charge in [-0.2, -0.15) is 0 Å². The monoisotopic (exact) mass is 393 g/mol. The molecule has 3 aromatic heterocycles. The zero-order valence-corrected chi connectivity index (χ0v) is 14.9. The van der Waals surface area contributed by atoms with Crippen LogP contribution in [0, 0.1) is 0 Å². The highest BCUT2D eigenvalue weighted by Crippen LogP contribution is 2.36. The molecule has 0 amide bonds. The lowest BCUT2D eigenvalue weighted by molar-refractivity contribution is 0.0606. The minimum atomic E-state index is -0.539. The van der Waals surface area contributed by atoms with E-state index in [1.165, 1.54) is 7.11 Å². The molecule has 0 unspecified atom stereocenters. The molecule has 0 bridgehead atoms. The number of furan rings is 1. The Bertz CT molecular complexity index is 1040. The van der Waals surface area contributed by atoms with Crippen molar-refractivity contribution in [1.82, 2.24) is 15.2 Å². The van der Waals surface area contributed by atoms with E-state index in [0.29, 0.717) is 10.1 Å². The van der Waals surface area contributed by atoms with Crippen LogP contribution in [0.2, 0.25) is 5.15 Å². The molecule has 0 fully saturated rings. The third-order valence-corrected chi connectivity index (χ3v) is 5.48. The van der Waals surface area contributed by atoms with E-state index >= 15 is 0 Å². The van der Waals surface area contributed by atoms with Crippen LogP contribution in [-0.4, -0.2) is 28.3 Å². The molecule has 126 valence electrons. The van der Waals surface area contributed by atoms with E-state index in [-0.39, 0.29) is 21.1 Å². The molecular formula is C15H8ClN3O4S2. The summed E-state index contributed by atoms with van der Waals surface area (Å²) in [7, 11) is 1.28. The summed E-state index contributed by atoms with van der Waals surface area (Å²) < 4.78 is 16.4. The Morgan fingerprint density at radius 2 is 2.12 bits per heavy atom. The predicted molar refractivity (Wildman–Crippen MR) is 92.1 cm³/mol. The summed E-state index contributed by atoms with van der Waals surface area (Å²) in [6, 6.07) is 9.42. The Hall–Kier alpha value is -2.36. The number of aromatic nitrogens is 3. The molecule has 3 heterocycles. The van der Waals surface area contributed by atoms with Crippen molar-refractivity contribution < 1.29 is 18.4 Å². The number of carbonyl (C=O) groups is 1. The van der Waals surface area contributed by atoms with Gasteiger partial charge in [0.05, 0.1) is 7.11 Å².